The lowest BCUT2D eigenvalue weighted by Gasteiger charge is -2.34. The highest BCUT2D eigenvalue weighted by atomic mass is 32.2. The highest BCUT2D eigenvalue weighted by Gasteiger charge is 2.32. The van der Waals surface area contributed by atoms with Crippen molar-refractivity contribution in [3.8, 4) is 5.75 Å². The number of pyridine rings is 2. The lowest BCUT2D eigenvalue weighted by molar-refractivity contribution is 0.243. The molecule has 0 radical (unpaired) electrons. The van der Waals surface area contributed by atoms with E-state index in [-0.39, 0.29) is 17.7 Å². The second kappa shape index (κ2) is 8.70. The summed E-state index contributed by atoms with van der Waals surface area (Å²) in [4.78, 5) is 8.70. The molecule has 33 heavy (non-hydrogen) atoms. The van der Waals surface area contributed by atoms with E-state index >= 15 is 0 Å². The van der Waals surface area contributed by atoms with Crippen molar-refractivity contribution in [3.63, 3.8) is 0 Å². The molecule has 1 saturated heterocycles. The second-order valence-corrected chi connectivity index (χ2v) is 10.5. The van der Waals surface area contributed by atoms with Crippen LogP contribution < -0.4 is 5.73 Å². The molecule has 3 heterocycles. The van der Waals surface area contributed by atoms with Gasteiger partial charge in [0.05, 0.1) is 4.90 Å². The maximum Gasteiger partial charge on any atom is 0.243 e. The summed E-state index contributed by atoms with van der Waals surface area (Å²) in [7, 11) is -3.60. The molecule has 1 aliphatic rings. The molecule has 1 aliphatic heterocycles. The van der Waals surface area contributed by atoms with Gasteiger partial charge in [-0.1, -0.05) is 24.3 Å². The molecule has 0 saturated carbocycles. The van der Waals surface area contributed by atoms with Gasteiger partial charge in [-0.25, -0.2) is 8.42 Å². The van der Waals surface area contributed by atoms with Crippen molar-refractivity contribution >= 4 is 31.7 Å². The van der Waals surface area contributed by atoms with Crippen LogP contribution in [0.25, 0.3) is 21.7 Å². The van der Waals surface area contributed by atoms with Crippen LogP contribution in [-0.2, 0) is 16.4 Å². The molecule has 0 aliphatic carbocycles. The zero-order valence-corrected chi connectivity index (χ0v) is 18.9. The predicted molar refractivity (Wildman–Crippen MR) is 128 cm³/mol. The third-order valence-electron chi connectivity index (χ3n) is 6.66. The van der Waals surface area contributed by atoms with Crippen molar-refractivity contribution in [3.05, 3.63) is 72.7 Å². The topological polar surface area (TPSA) is 109 Å². The number of nitrogens with two attached hydrogens (primary N) is 1. The Morgan fingerprint density at radius 2 is 1.85 bits per heavy atom. The minimum Gasteiger partial charge on any atom is -0.506 e. The minimum atomic E-state index is -3.60. The molecule has 7 nitrogen and oxygen atoms in total. The highest BCUT2D eigenvalue weighted by molar-refractivity contribution is 7.89. The van der Waals surface area contributed by atoms with Crippen LogP contribution in [0.3, 0.4) is 0 Å². The highest BCUT2D eigenvalue weighted by Crippen LogP contribution is 2.31. The first-order chi connectivity index (χ1) is 15.9. The summed E-state index contributed by atoms with van der Waals surface area (Å²) in [5, 5.41) is 12.5. The molecule has 0 bridgehead atoms. The number of phenolic OH excluding ortho intramolecular Hbond substituents is 1. The first-order valence-electron chi connectivity index (χ1n) is 11.1. The van der Waals surface area contributed by atoms with E-state index in [2.05, 4.69) is 9.97 Å². The van der Waals surface area contributed by atoms with E-state index in [1.807, 2.05) is 24.3 Å². The summed E-state index contributed by atoms with van der Waals surface area (Å²) in [5.74, 6) is 0.374. The van der Waals surface area contributed by atoms with Gasteiger partial charge in [0, 0.05) is 53.9 Å². The summed E-state index contributed by atoms with van der Waals surface area (Å²) in [5.41, 5.74) is 8.21. The van der Waals surface area contributed by atoms with E-state index in [9.17, 15) is 13.5 Å². The summed E-state index contributed by atoms with van der Waals surface area (Å²) >= 11 is 0. The molecule has 2 aromatic heterocycles. The van der Waals surface area contributed by atoms with Gasteiger partial charge in [0.15, 0.2) is 0 Å². The number of phenols is 1. The van der Waals surface area contributed by atoms with Crippen LogP contribution in [0, 0.1) is 5.92 Å². The Morgan fingerprint density at radius 1 is 1.03 bits per heavy atom. The fraction of sp³-hybridized carbons (Fsp3) is 0.280. The van der Waals surface area contributed by atoms with Crippen LogP contribution in [-0.4, -0.2) is 46.9 Å². The Kier molecular flexibility index (Phi) is 5.74. The van der Waals surface area contributed by atoms with E-state index in [0.717, 1.165) is 16.3 Å². The molecule has 8 heteroatoms. The zero-order valence-electron chi connectivity index (χ0n) is 18.1. The van der Waals surface area contributed by atoms with Crippen molar-refractivity contribution in [2.45, 2.75) is 30.2 Å². The third kappa shape index (κ3) is 4.06. The standard InChI is InChI=1S/C25H26N4O3S/c26-22(15-18-6-7-23(30)25-21(18)4-2-11-28-25)17-9-13-29(14-10-17)33(31,32)24-5-1-3-19-16-27-12-8-20(19)24/h1-8,11-12,16-17,22,30H,9-10,13-15,26H2. The summed E-state index contributed by atoms with van der Waals surface area (Å²) in [6, 6.07) is 14.3. The van der Waals surface area contributed by atoms with Gasteiger partial charge in [-0.3, -0.25) is 9.97 Å². The number of aromatic nitrogens is 2. The van der Waals surface area contributed by atoms with Crippen LogP contribution >= 0.6 is 0 Å². The van der Waals surface area contributed by atoms with Crippen molar-refractivity contribution in [1.29, 1.82) is 0 Å². The molecule has 1 fully saturated rings. The van der Waals surface area contributed by atoms with Gasteiger partial charge in [0.25, 0.3) is 0 Å². The summed E-state index contributed by atoms with van der Waals surface area (Å²) in [6.07, 6.45) is 7.03. The minimum absolute atomic E-state index is 0.105. The second-order valence-electron chi connectivity index (χ2n) is 8.61. The Labute approximate surface area is 192 Å². The number of rotatable bonds is 5. The molecule has 170 valence electrons. The molecule has 1 atom stereocenters. The number of fused-ring (bicyclic) bond motifs is 2. The Morgan fingerprint density at radius 3 is 2.67 bits per heavy atom. The molecule has 0 spiro atoms. The quantitative estimate of drug-likeness (QED) is 0.470. The predicted octanol–water partition coefficient (Wildman–Crippen LogP) is 3.46. The van der Waals surface area contributed by atoms with Crippen LogP contribution in [0.1, 0.15) is 18.4 Å². The van der Waals surface area contributed by atoms with Gasteiger partial charge in [0.1, 0.15) is 11.3 Å². The van der Waals surface area contributed by atoms with Crippen molar-refractivity contribution in [2.75, 3.05) is 13.1 Å². The molecule has 5 rings (SSSR count). The Balaban J connectivity index is 1.31. The van der Waals surface area contributed by atoms with E-state index in [1.165, 1.54) is 0 Å². The van der Waals surface area contributed by atoms with Crippen molar-refractivity contribution in [1.82, 2.24) is 14.3 Å². The van der Waals surface area contributed by atoms with Gasteiger partial charge in [-0.15, -0.1) is 0 Å². The molecule has 3 N–H and O–H groups in total. The molecule has 2 aromatic carbocycles. The van der Waals surface area contributed by atoms with Crippen molar-refractivity contribution < 1.29 is 13.5 Å². The largest absolute Gasteiger partial charge is 0.506 e. The number of aromatic hydroxyl groups is 1. The maximum absolute atomic E-state index is 13.4. The van der Waals surface area contributed by atoms with Crippen LogP contribution in [0.15, 0.2) is 72.0 Å². The van der Waals surface area contributed by atoms with Gasteiger partial charge in [-0.2, -0.15) is 4.31 Å². The maximum atomic E-state index is 13.4. The van der Waals surface area contributed by atoms with Gasteiger partial charge in [0.2, 0.25) is 10.0 Å². The number of hydrogen-bond donors (Lipinski definition) is 2. The average molecular weight is 463 g/mol. The number of nitrogens with zero attached hydrogens (tertiary/aromatic N) is 3. The van der Waals surface area contributed by atoms with Gasteiger partial charge in [-0.05, 0) is 55.0 Å². The first-order valence-corrected chi connectivity index (χ1v) is 12.5. The zero-order chi connectivity index (χ0) is 23.0. The van der Waals surface area contributed by atoms with Crippen molar-refractivity contribution in [2.24, 2.45) is 11.7 Å². The molecule has 4 aromatic rings. The van der Waals surface area contributed by atoms with Gasteiger partial charge < -0.3 is 10.8 Å². The molecular weight excluding hydrogens is 436 g/mol. The van der Waals surface area contributed by atoms with E-state index in [1.54, 1.807) is 47.2 Å². The van der Waals surface area contributed by atoms with Crippen LogP contribution in [0.2, 0.25) is 0 Å². The Bertz CT molecular complexity index is 1410. The third-order valence-corrected chi connectivity index (χ3v) is 8.61. The lowest BCUT2D eigenvalue weighted by atomic mass is 9.86. The monoisotopic (exact) mass is 462 g/mol. The fourth-order valence-electron chi connectivity index (χ4n) is 4.82. The van der Waals surface area contributed by atoms with Crippen LogP contribution in [0.4, 0.5) is 0 Å². The number of benzene rings is 2. The number of hydrogen-bond acceptors (Lipinski definition) is 6. The van der Waals surface area contributed by atoms with Gasteiger partial charge >= 0.3 is 0 Å². The van der Waals surface area contributed by atoms with E-state index in [4.69, 9.17) is 5.73 Å². The van der Waals surface area contributed by atoms with Crippen LogP contribution in [0.5, 0.6) is 5.75 Å². The molecular formula is C25H26N4O3S. The van der Waals surface area contributed by atoms with E-state index < -0.39 is 10.0 Å². The fourth-order valence-corrected chi connectivity index (χ4v) is 6.50. The Hall–Kier alpha value is -3.07. The lowest BCUT2D eigenvalue weighted by Crippen LogP contribution is -2.44. The first kappa shape index (κ1) is 21.8. The normalized spacial score (nSPS) is 16.9. The molecule has 0 amide bonds. The average Bonchev–Trinajstić information content (AvgIpc) is 2.85. The summed E-state index contributed by atoms with van der Waals surface area (Å²) in [6.45, 7) is 0.889. The van der Waals surface area contributed by atoms with E-state index in [0.29, 0.717) is 48.2 Å². The molecule has 1 unspecified atom stereocenters. The number of sulfonamides is 1. The smallest absolute Gasteiger partial charge is 0.243 e. The SMILES string of the molecule is NC(Cc1ccc(O)c2ncccc12)C1CCN(S(=O)(=O)c2cccc3cnccc23)CC1. The summed E-state index contributed by atoms with van der Waals surface area (Å²) < 4.78 is 28.4. The number of piperidine rings is 1.